The van der Waals surface area contributed by atoms with Gasteiger partial charge < -0.3 is 0 Å². The van der Waals surface area contributed by atoms with Crippen LogP contribution in [0.2, 0.25) is 0 Å². The van der Waals surface area contributed by atoms with Gasteiger partial charge in [0.2, 0.25) is 0 Å². The Bertz CT molecular complexity index is 354. The first kappa shape index (κ1) is 12.7. The molecule has 0 saturated carbocycles. The van der Waals surface area contributed by atoms with E-state index in [0.29, 0.717) is 6.42 Å². The highest BCUT2D eigenvalue weighted by Gasteiger charge is 2.31. The van der Waals surface area contributed by atoms with Gasteiger partial charge in [-0.05, 0) is 6.42 Å². The number of nitrogens with one attached hydrogen (secondary N) is 1. The van der Waals surface area contributed by atoms with Gasteiger partial charge in [-0.15, -0.1) is 6.42 Å². The van der Waals surface area contributed by atoms with Crippen molar-refractivity contribution in [2.24, 2.45) is 0 Å². The maximum atomic E-state index is 13.7. The molecule has 0 aromatic heterocycles. The second-order valence-electron chi connectivity index (χ2n) is 3.58. The third-order valence-electron chi connectivity index (χ3n) is 2.38. The van der Waals surface area contributed by atoms with E-state index in [0.717, 1.165) is 0 Å². The summed E-state index contributed by atoms with van der Waals surface area (Å²) in [5, 5.41) is 2.67. The van der Waals surface area contributed by atoms with E-state index in [1.165, 1.54) is 12.1 Å². The van der Waals surface area contributed by atoms with Crippen LogP contribution in [0.25, 0.3) is 0 Å². The predicted octanol–water partition coefficient (Wildman–Crippen LogP) is 2.78. The molecule has 0 spiro atoms. The molecule has 0 aliphatic heterocycles. The number of benzene rings is 1. The summed E-state index contributed by atoms with van der Waals surface area (Å²) in [7, 11) is 0. The highest BCUT2D eigenvalue weighted by atomic mass is 19.3. The van der Waals surface area contributed by atoms with E-state index in [4.69, 9.17) is 6.42 Å². The standard InChI is InChI=1S/C13H15F2N/c1-3-12(4-2)16-10-13(14,15)11-8-6-5-7-9-11/h1,5-9,12,16H,4,10H2,2H3. The maximum Gasteiger partial charge on any atom is 0.285 e. The summed E-state index contributed by atoms with van der Waals surface area (Å²) >= 11 is 0. The normalized spacial score (nSPS) is 13.1. The van der Waals surface area contributed by atoms with Crippen molar-refractivity contribution in [1.29, 1.82) is 0 Å². The van der Waals surface area contributed by atoms with Crippen molar-refractivity contribution in [3.63, 3.8) is 0 Å². The average Bonchev–Trinajstić information content (AvgIpc) is 2.31. The largest absolute Gasteiger partial charge is 0.298 e. The van der Waals surface area contributed by atoms with E-state index in [9.17, 15) is 8.78 Å². The summed E-state index contributed by atoms with van der Waals surface area (Å²) in [6.07, 6.45) is 5.83. The lowest BCUT2D eigenvalue weighted by atomic mass is 10.1. The van der Waals surface area contributed by atoms with Crippen molar-refractivity contribution < 1.29 is 8.78 Å². The fourth-order valence-electron chi connectivity index (χ4n) is 1.36. The Morgan fingerprint density at radius 2 is 2.00 bits per heavy atom. The van der Waals surface area contributed by atoms with Gasteiger partial charge in [0, 0.05) is 5.56 Å². The Morgan fingerprint density at radius 1 is 1.38 bits per heavy atom. The summed E-state index contributed by atoms with van der Waals surface area (Å²) in [5.74, 6) is -0.452. The van der Waals surface area contributed by atoms with Gasteiger partial charge in [-0.25, -0.2) is 0 Å². The minimum Gasteiger partial charge on any atom is -0.298 e. The molecule has 3 heteroatoms. The number of rotatable bonds is 5. The summed E-state index contributed by atoms with van der Waals surface area (Å²) in [6, 6.07) is 7.44. The Morgan fingerprint density at radius 3 is 2.50 bits per heavy atom. The monoisotopic (exact) mass is 223 g/mol. The van der Waals surface area contributed by atoms with Gasteiger partial charge in [0.15, 0.2) is 0 Å². The van der Waals surface area contributed by atoms with Gasteiger partial charge in [0.1, 0.15) is 0 Å². The third kappa shape index (κ3) is 3.32. The zero-order valence-electron chi connectivity index (χ0n) is 9.21. The molecule has 0 fully saturated rings. The van der Waals surface area contributed by atoms with Gasteiger partial charge in [-0.2, -0.15) is 8.78 Å². The number of alkyl halides is 2. The van der Waals surface area contributed by atoms with Gasteiger partial charge in [-0.3, -0.25) is 5.32 Å². The van der Waals surface area contributed by atoms with Crippen molar-refractivity contribution >= 4 is 0 Å². The fourth-order valence-corrected chi connectivity index (χ4v) is 1.36. The van der Waals surface area contributed by atoms with Gasteiger partial charge in [0.25, 0.3) is 5.92 Å². The van der Waals surface area contributed by atoms with E-state index >= 15 is 0 Å². The minimum atomic E-state index is -2.88. The quantitative estimate of drug-likeness (QED) is 0.757. The zero-order valence-corrected chi connectivity index (χ0v) is 9.21. The molecule has 0 saturated heterocycles. The van der Waals surface area contributed by atoms with E-state index in [1.807, 2.05) is 6.92 Å². The number of hydrogen-bond donors (Lipinski definition) is 1. The van der Waals surface area contributed by atoms with E-state index in [-0.39, 0.29) is 11.6 Å². The summed E-state index contributed by atoms with van der Waals surface area (Å²) < 4.78 is 27.3. The van der Waals surface area contributed by atoms with Crippen LogP contribution in [0, 0.1) is 12.3 Å². The first-order valence-electron chi connectivity index (χ1n) is 5.23. The van der Waals surface area contributed by atoms with Crippen molar-refractivity contribution in [2.45, 2.75) is 25.3 Å². The van der Waals surface area contributed by atoms with Crippen LogP contribution in [0.1, 0.15) is 18.9 Å². The topological polar surface area (TPSA) is 12.0 Å². The molecule has 1 unspecified atom stereocenters. The molecule has 1 rings (SSSR count). The second-order valence-corrected chi connectivity index (χ2v) is 3.58. The van der Waals surface area contributed by atoms with E-state index in [2.05, 4.69) is 11.2 Å². The molecule has 0 aliphatic rings. The number of halogens is 2. The van der Waals surface area contributed by atoms with E-state index < -0.39 is 12.5 Å². The van der Waals surface area contributed by atoms with Gasteiger partial charge in [-0.1, -0.05) is 43.2 Å². The smallest absolute Gasteiger partial charge is 0.285 e. The lowest BCUT2D eigenvalue weighted by Gasteiger charge is -2.19. The summed E-state index contributed by atoms with van der Waals surface area (Å²) in [5.41, 5.74) is 0.00868. The molecule has 1 aromatic carbocycles. The molecule has 1 nitrogen and oxygen atoms in total. The first-order valence-corrected chi connectivity index (χ1v) is 5.23. The highest BCUT2D eigenvalue weighted by Crippen LogP contribution is 2.26. The predicted molar refractivity (Wildman–Crippen MR) is 61.3 cm³/mol. The van der Waals surface area contributed by atoms with Crippen molar-refractivity contribution in [1.82, 2.24) is 5.32 Å². The zero-order chi connectivity index (χ0) is 12.0. The van der Waals surface area contributed by atoms with Gasteiger partial charge >= 0.3 is 0 Å². The van der Waals surface area contributed by atoms with Crippen LogP contribution in [-0.2, 0) is 5.92 Å². The summed E-state index contributed by atoms with van der Waals surface area (Å²) in [4.78, 5) is 0. The average molecular weight is 223 g/mol. The van der Waals surface area contributed by atoms with Crippen LogP contribution in [0.5, 0.6) is 0 Å². The summed E-state index contributed by atoms with van der Waals surface area (Å²) in [6.45, 7) is 1.43. The molecular formula is C13H15F2N. The molecule has 0 amide bonds. The third-order valence-corrected chi connectivity index (χ3v) is 2.38. The molecule has 0 aliphatic carbocycles. The second kappa shape index (κ2) is 5.62. The molecular weight excluding hydrogens is 208 g/mol. The van der Waals surface area contributed by atoms with E-state index in [1.54, 1.807) is 18.2 Å². The lowest BCUT2D eigenvalue weighted by molar-refractivity contribution is -0.00441. The van der Waals surface area contributed by atoms with Crippen LogP contribution in [0.3, 0.4) is 0 Å². The van der Waals surface area contributed by atoms with Gasteiger partial charge in [0.05, 0.1) is 12.6 Å². The maximum absolute atomic E-state index is 13.7. The molecule has 0 bridgehead atoms. The van der Waals surface area contributed by atoms with Crippen LogP contribution in [-0.4, -0.2) is 12.6 Å². The van der Waals surface area contributed by atoms with Crippen LogP contribution < -0.4 is 5.32 Å². The van der Waals surface area contributed by atoms with Crippen molar-refractivity contribution in [2.75, 3.05) is 6.54 Å². The first-order chi connectivity index (χ1) is 7.60. The number of terminal acetylenes is 1. The molecule has 1 aromatic rings. The number of hydrogen-bond acceptors (Lipinski definition) is 1. The molecule has 0 heterocycles. The molecule has 1 N–H and O–H groups in total. The lowest BCUT2D eigenvalue weighted by Crippen LogP contribution is -2.36. The van der Waals surface area contributed by atoms with Crippen molar-refractivity contribution in [3.8, 4) is 12.3 Å². The SMILES string of the molecule is C#CC(CC)NCC(F)(F)c1ccccc1. The molecule has 16 heavy (non-hydrogen) atoms. The molecule has 0 radical (unpaired) electrons. The van der Waals surface area contributed by atoms with Crippen molar-refractivity contribution in [3.05, 3.63) is 35.9 Å². The van der Waals surface area contributed by atoms with Crippen LogP contribution in [0.4, 0.5) is 8.78 Å². The van der Waals surface area contributed by atoms with Crippen LogP contribution >= 0.6 is 0 Å². The fraction of sp³-hybridized carbons (Fsp3) is 0.385. The Balaban J connectivity index is 2.63. The van der Waals surface area contributed by atoms with Crippen LogP contribution in [0.15, 0.2) is 30.3 Å². The molecule has 1 atom stereocenters. The highest BCUT2D eigenvalue weighted by molar-refractivity contribution is 5.20. The minimum absolute atomic E-state index is 0.00868. The Kier molecular flexibility index (Phi) is 4.45. The Labute approximate surface area is 94.9 Å². The molecule has 86 valence electrons. The Hall–Kier alpha value is -1.40.